The zero-order valence-corrected chi connectivity index (χ0v) is 21.7. The molecule has 6 nitrogen and oxygen atoms in total. The van der Waals surface area contributed by atoms with Crippen molar-refractivity contribution in [3.63, 3.8) is 0 Å². The van der Waals surface area contributed by atoms with Crippen molar-refractivity contribution in [1.82, 2.24) is 20.1 Å². The maximum absolute atomic E-state index is 4.98. The number of likely N-dealkylation sites (N-methyl/N-ethyl adjacent to an activating group) is 1. The van der Waals surface area contributed by atoms with Crippen molar-refractivity contribution >= 4 is 35.8 Å². The summed E-state index contributed by atoms with van der Waals surface area (Å²) in [5.74, 6) is 2.69. The van der Waals surface area contributed by atoms with Crippen LogP contribution in [0.3, 0.4) is 0 Å². The standard InChI is InChI=1S/C25H36N6.HI/c1-3-26-25(31-13-11-23(20-31)22-8-6-5-7-9-22)28-19-21-10-12-27-24(18-21)30-16-14-29(4-2)15-17-30;/h5-10,12,18,23H,3-4,11,13-17,19-20H2,1-2H3,(H,26,28);1H. The van der Waals surface area contributed by atoms with Crippen molar-refractivity contribution < 1.29 is 0 Å². The average molecular weight is 549 g/mol. The molecule has 1 aromatic heterocycles. The van der Waals surface area contributed by atoms with E-state index >= 15 is 0 Å². The van der Waals surface area contributed by atoms with E-state index in [2.05, 4.69) is 81.3 Å². The zero-order valence-electron chi connectivity index (χ0n) is 19.4. The summed E-state index contributed by atoms with van der Waals surface area (Å²) in [4.78, 5) is 16.9. The highest BCUT2D eigenvalue weighted by Crippen LogP contribution is 2.27. The molecule has 1 unspecified atom stereocenters. The number of pyridine rings is 1. The Kier molecular flexibility index (Phi) is 9.59. The largest absolute Gasteiger partial charge is 0.357 e. The van der Waals surface area contributed by atoms with Crippen LogP contribution in [0.2, 0.25) is 0 Å². The minimum absolute atomic E-state index is 0. The maximum Gasteiger partial charge on any atom is 0.194 e. The lowest BCUT2D eigenvalue weighted by Crippen LogP contribution is -2.46. The summed E-state index contributed by atoms with van der Waals surface area (Å²) in [7, 11) is 0. The van der Waals surface area contributed by atoms with Crippen LogP contribution in [0.1, 0.15) is 37.3 Å². The van der Waals surface area contributed by atoms with Crippen LogP contribution >= 0.6 is 24.0 Å². The summed E-state index contributed by atoms with van der Waals surface area (Å²) < 4.78 is 0. The van der Waals surface area contributed by atoms with Crippen LogP contribution in [0, 0.1) is 0 Å². The molecule has 2 aromatic rings. The number of hydrogen-bond donors (Lipinski definition) is 1. The fourth-order valence-corrected chi connectivity index (χ4v) is 4.57. The molecule has 2 fully saturated rings. The van der Waals surface area contributed by atoms with Gasteiger partial charge in [0.05, 0.1) is 6.54 Å². The van der Waals surface area contributed by atoms with E-state index in [0.717, 1.165) is 64.1 Å². The fourth-order valence-electron chi connectivity index (χ4n) is 4.57. The van der Waals surface area contributed by atoms with Gasteiger partial charge in [0.15, 0.2) is 5.96 Å². The van der Waals surface area contributed by atoms with E-state index in [1.165, 1.54) is 17.5 Å². The highest BCUT2D eigenvalue weighted by atomic mass is 127. The topological polar surface area (TPSA) is 47.0 Å². The lowest BCUT2D eigenvalue weighted by molar-refractivity contribution is 0.270. The first-order chi connectivity index (χ1) is 15.3. The van der Waals surface area contributed by atoms with Crippen LogP contribution in [0.5, 0.6) is 0 Å². The third-order valence-corrected chi connectivity index (χ3v) is 6.46. The molecular weight excluding hydrogens is 511 g/mol. The van der Waals surface area contributed by atoms with E-state index in [9.17, 15) is 0 Å². The summed E-state index contributed by atoms with van der Waals surface area (Å²) >= 11 is 0. The predicted molar refractivity (Wildman–Crippen MR) is 144 cm³/mol. The third kappa shape index (κ3) is 6.34. The first-order valence-corrected chi connectivity index (χ1v) is 11.8. The van der Waals surface area contributed by atoms with Crippen LogP contribution in [0.15, 0.2) is 53.7 Å². The molecule has 4 rings (SSSR count). The predicted octanol–water partition coefficient (Wildman–Crippen LogP) is 3.80. The number of nitrogens with one attached hydrogen (secondary N) is 1. The Hall–Kier alpha value is -1.87. The molecular formula is C25H37IN6. The average Bonchev–Trinajstić information content (AvgIpc) is 3.33. The summed E-state index contributed by atoms with van der Waals surface area (Å²) in [6.07, 6.45) is 3.11. The van der Waals surface area contributed by atoms with Crippen molar-refractivity contribution in [3.8, 4) is 0 Å². The monoisotopic (exact) mass is 548 g/mol. The van der Waals surface area contributed by atoms with Crippen molar-refractivity contribution in [3.05, 3.63) is 59.8 Å². The van der Waals surface area contributed by atoms with Gasteiger partial charge < -0.3 is 20.0 Å². The number of rotatable bonds is 6. The molecule has 1 aromatic carbocycles. The van der Waals surface area contributed by atoms with Crippen molar-refractivity contribution in [2.75, 3.05) is 57.3 Å². The molecule has 0 saturated carbocycles. The molecule has 0 bridgehead atoms. The molecule has 32 heavy (non-hydrogen) atoms. The molecule has 2 aliphatic rings. The number of likely N-dealkylation sites (tertiary alicyclic amines) is 1. The third-order valence-electron chi connectivity index (χ3n) is 6.46. The lowest BCUT2D eigenvalue weighted by Gasteiger charge is -2.34. The van der Waals surface area contributed by atoms with Gasteiger partial charge in [-0.25, -0.2) is 9.98 Å². The molecule has 174 valence electrons. The number of hydrogen-bond acceptors (Lipinski definition) is 4. The molecule has 0 amide bonds. The van der Waals surface area contributed by atoms with Gasteiger partial charge in [-0.3, -0.25) is 0 Å². The minimum atomic E-state index is 0. The summed E-state index contributed by atoms with van der Waals surface area (Å²) in [5, 5.41) is 3.50. The van der Waals surface area contributed by atoms with Gasteiger partial charge >= 0.3 is 0 Å². The van der Waals surface area contributed by atoms with Gasteiger partial charge in [-0.1, -0.05) is 37.3 Å². The molecule has 0 aliphatic carbocycles. The lowest BCUT2D eigenvalue weighted by atomic mass is 9.99. The molecule has 1 N–H and O–H groups in total. The number of aromatic nitrogens is 1. The van der Waals surface area contributed by atoms with Crippen LogP contribution in [0.25, 0.3) is 0 Å². The van der Waals surface area contributed by atoms with Crippen LogP contribution in [-0.2, 0) is 6.54 Å². The van der Waals surface area contributed by atoms with Gasteiger partial charge in [-0.15, -0.1) is 24.0 Å². The van der Waals surface area contributed by atoms with Gasteiger partial charge in [-0.05, 0) is 43.1 Å². The first kappa shape index (κ1) is 24.8. The van der Waals surface area contributed by atoms with E-state index in [4.69, 9.17) is 4.99 Å². The molecule has 3 heterocycles. The second kappa shape index (κ2) is 12.4. The molecule has 0 radical (unpaired) electrons. The Morgan fingerprint density at radius 2 is 1.84 bits per heavy atom. The first-order valence-electron chi connectivity index (χ1n) is 11.8. The number of benzene rings is 1. The van der Waals surface area contributed by atoms with Gasteiger partial charge in [-0.2, -0.15) is 0 Å². The number of piperazine rings is 1. The Morgan fingerprint density at radius 3 is 2.56 bits per heavy atom. The number of aliphatic imine (C=N–C) groups is 1. The normalized spacial score (nSPS) is 19.7. The zero-order chi connectivity index (χ0) is 21.5. The number of anilines is 1. The highest BCUT2D eigenvalue weighted by molar-refractivity contribution is 14.0. The molecule has 2 aliphatic heterocycles. The second-order valence-electron chi connectivity index (χ2n) is 8.46. The Morgan fingerprint density at radius 1 is 1.06 bits per heavy atom. The summed E-state index contributed by atoms with van der Waals surface area (Å²) in [5.41, 5.74) is 2.65. The van der Waals surface area contributed by atoms with Gasteiger partial charge in [0.25, 0.3) is 0 Å². The molecule has 1 atom stereocenters. The van der Waals surface area contributed by atoms with Gasteiger partial charge in [0.1, 0.15) is 5.82 Å². The van der Waals surface area contributed by atoms with E-state index < -0.39 is 0 Å². The quantitative estimate of drug-likeness (QED) is 0.338. The SMILES string of the molecule is CCNC(=NCc1ccnc(N2CCN(CC)CC2)c1)N1CCC(c2ccccc2)C1.I. The van der Waals surface area contributed by atoms with Crippen molar-refractivity contribution in [1.29, 1.82) is 0 Å². The van der Waals surface area contributed by atoms with Crippen molar-refractivity contribution in [2.24, 2.45) is 4.99 Å². The molecule has 0 spiro atoms. The van der Waals surface area contributed by atoms with E-state index in [1.54, 1.807) is 0 Å². The summed E-state index contributed by atoms with van der Waals surface area (Å²) in [6, 6.07) is 15.2. The number of guanidine groups is 1. The minimum Gasteiger partial charge on any atom is -0.357 e. The van der Waals surface area contributed by atoms with Gasteiger partial charge in [0.2, 0.25) is 0 Å². The van der Waals surface area contributed by atoms with E-state index in [0.29, 0.717) is 12.5 Å². The number of nitrogens with zero attached hydrogens (tertiary/aromatic N) is 5. The molecule has 2 saturated heterocycles. The number of halogens is 1. The Bertz CT molecular complexity index is 851. The van der Waals surface area contributed by atoms with Crippen molar-refractivity contribution in [2.45, 2.75) is 32.7 Å². The van der Waals surface area contributed by atoms with Crippen LogP contribution in [0.4, 0.5) is 5.82 Å². The van der Waals surface area contributed by atoms with E-state index in [1.807, 2.05) is 6.20 Å². The van der Waals surface area contributed by atoms with E-state index in [-0.39, 0.29) is 24.0 Å². The Balaban J connectivity index is 0.00000289. The fraction of sp³-hybridized carbons (Fsp3) is 0.520. The molecule has 7 heteroatoms. The highest BCUT2D eigenvalue weighted by Gasteiger charge is 2.26. The van der Waals surface area contributed by atoms with Crippen LogP contribution < -0.4 is 10.2 Å². The second-order valence-corrected chi connectivity index (χ2v) is 8.46. The summed E-state index contributed by atoms with van der Waals surface area (Å²) in [6.45, 7) is 13.5. The van der Waals surface area contributed by atoms with Gasteiger partial charge in [0, 0.05) is 57.9 Å². The maximum atomic E-state index is 4.98. The van der Waals surface area contributed by atoms with Crippen LogP contribution in [-0.4, -0.2) is 73.1 Å². The Labute approximate surface area is 210 Å². The smallest absolute Gasteiger partial charge is 0.194 e.